The average Bonchev–Trinajstić information content (AvgIpc) is 2.61. The summed E-state index contributed by atoms with van der Waals surface area (Å²) in [7, 11) is 0. The summed E-state index contributed by atoms with van der Waals surface area (Å²) in [5.41, 5.74) is 5.53. The first-order chi connectivity index (χ1) is 12.0. The fraction of sp³-hybridized carbons (Fsp3) is 0.118. The maximum atomic E-state index is 12.0. The standard InChI is InChI=1S/C17H14BrN3O4/c18-11-6-2-1-5-10(11)16(23)21-20-15(22)9-14-17(24)19-12-7-3-4-8-13(12)25-14/h1-8,14H,9H2,(H,19,24)(H,20,22)(H,21,23)/t14-/m1/s1. The van der Waals surface area contributed by atoms with Gasteiger partial charge in [0.1, 0.15) is 5.75 Å². The number of halogens is 1. The van der Waals surface area contributed by atoms with Gasteiger partial charge < -0.3 is 10.1 Å². The molecular formula is C17H14BrN3O4. The van der Waals surface area contributed by atoms with E-state index in [1.54, 1.807) is 48.5 Å². The summed E-state index contributed by atoms with van der Waals surface area (Å²) in [6.45, 7) is 0. The van der Waals surface area contributed by atoms with Crippen LogP contribution in [0.4, 0.5) is 5.69 Å². The van der Waals surface area contributed by atoms with Crippen LogP contribution in [0.5, 0.6) is 5.75 Å². The van der Waals surface area contributed by atoms with E-state index in [1.807, 2.05) is 0 Å². The molecule has 0 radical (unpaired) electrons. The number of hydrazine groups is 1. The van der Waals surface area contributed by atoms with Crippen LogP contribution < -0.4 is 20.9 Å². The number of fused-ring (bicyclic) bond motifs is 1. The molecule has 3 rings (SSSR count). The van der Waals surface area contributed by atoms with Gasteiger partial charge in [-0.2, -0.15) is 0 Å². The third-order valence-electron chi connectivity index (χ3n) is 3.51. The second kappa shape index (κ2) is 7.35. The van der Waals surface area contributed by atoms with E-state index in [9.17, 15) is 14.4 Å². The minimum atomic E-state index is -0.963. The molecule has 8 heteroatoms. The molecule has 0 fully saturated rings. The molecular weight excluding hydrogens is 390 g/mol. The number of hydrogen-bond acceptors (Lipinski definition) is 4. The Kier molecular flexibility index (Phi) is 4.99. The SMILES string of the molecule is O=C(C[C@H]1Oc2ccccc2NC1=O)NNC(=O)c1ccccc1Br. The minimum absolute atomic E-state index is 0.226. The van der Waals surface area contributed by atoms with E-state index >= 15 is 0 Å². The zero-order valence-electron chi connectivity index (χ0n) is 12.9. The Bertz CT molecular complexity index is 840. The largest absolute Gasteiger partial charge is 0.478 e. The Balaban J connectivity index is 1.56. The highest BCUT2D eigenvalue weighted by molar-refractivity contribution is 9.10. The van der Waals surface area contributed by atoms with Crippen molar-refractivity contribution in [3.8, 4) is 5.75 Å². The van der Waals surface area contributed by atoms with Crippen molar-refractivity contribution in [2.75, 3.05) is 5.32 Å². The van der Waals surface area contributed by atoms with E-state index in [4.69, 9.17) is 4.74 Å². The summed E-state index contributed by atoms with van der Waals surface area (Å²) in [6.07, 6.45) is -1.19. The molecule has 1 heterocycles. The van der Waals surface area contributed by atoms with Gasteiger partial charge in [0.05, 0.1) is 17.7 Å². The number of anilines is 1. The molecule has 2 aromatic carbocycles. The van der Waals surface area contributed by atoms with Crippen molar-refractivity contribution in [3.05, 3.63) is 58.6 Å². The zero-order valence-corrected chi connectivity index (χ0v) is 14.5. The number of carbonyl (C=O) groups excluding carboxylic acids is 3. The van der Waals surface area contributed by atoms with Gasteiger partial charge in [0.15, 0.2) is 6.10 Å². The van der Waals surface area contributed by atoms with Crippen LogP contribution in [-0.2, 0) is 9.59 Å². The van der Waals surface area contributed by atoms with E-state index in [2.05, 4.69) is 32.1 Å². The third kappa shape index (κ3) is 3.97. The predicted molar refractivity (Wildman–Crippen MR) is 93.9 cm³/mol. The van der Waals surface area contributed by atoms with Crippen molar-refractivity contribution in [1.29, 1.82) is 0 Å². The second-order valence-electron chi connectivity index (χ2n) is 5.28. The lowest BCUT2D eigenvalue weighted by Gasteiger charge is -2.25. The molecule has 3 N–H and O–H groups in total. The fourth-order valence-electron chi connectivity index (χ4n) is 2.29. The van der Waals surface area contributed by atoms with Crippen LogP contribution in [0.2, 0.25) is 0 Å². The van der Waals surface area contributed by atoms with E-state index in [0.717, 1.165) is 0 Å². The molecule has 0 unspecified atom stereocenters. The molecule has 25 heavy (non-hydrogen) atoms. The lowest BCUT2D eigenvalue weighted by molar-refractivity contribution is -0.130. The number of para-hydroxylation sites is 2. The Hall–Kier alpha value is -2.87. The van der Waals surface area contributed by atoms with Gasteiger partial charge in [0.25, 0.3) is 11.8 Å². The van der Waals surface area contributed by atoms with Crippen molar-refractivity contribution in [3.63, 3.8) is 0 Å². The van der Waals surface area contributed by atoms with Crippen LogP contribution in [0, 0.1) is 0 Å². The third-order valence-corrected chi connectivity index (χ3v) is 4.20. The summed E-state index contributed by atoms with van der Waals surface area (Å²) in [5, 5.41) is 2.68. The van der Waals surface area contributed by atoms with E-state index in [1.165, 1.54) is 0 Å². The summed E-state index contributed by atoms with van der Waals surface area (Å²) in [4.78, 5) is 36.0. The number of rotatable bonds is 3. The van der Waals surface area contributed by atoms with Crippen LogP contribution in [0.1, 0.15) is 16.8 Å². The van der Waals surface area contributed by atoms with Crippen molar-refractivity contribution in [1.82, 2.24) is 10.9 Å². The molecule has 7 nitrogen and oxygen atoms in total. The number of amides is 3. The number of hydrogen-bond donors (Lipinski definition) is 3. The van der Waals surface area contributed by atoms with Crippen LogP contribution in [-0.4, -0.2) is 23.8 Å². The number of nitrogens with one attached hydrogen (secondary N) is 3. The Morgan fingerprint density at radius 1 is 1.08 bits per heavy atom. The van der Waals surface area contributed by atoms with E-state index in [0.29, 0.717) is 21.5 Å². The molecule has 2 aromatic rings. The first kappa shape index (κ1) is 17.0. The number of ether oxygens (including phenoxy) is 1. The summed E-state index contributed by atoms with van der Waals surface area (Å²) >= 11 is 3.26. The molecule has 1 aliphatic heterocycles. The summed E-state index contributed by atoms with van der Waals surface area (Å²) in [6, 6.07) is 13.8. The van der Waals surface area contributed by atoms with Crippen LogP contribution in [0.3, 0.4) is 0 Å². The molecule has 1 aliphatic rings. The Morgan fingerprint density at radius 2 is 1.80 bits per heavy atom. The van der Waals surface area contributed by atoms with E-state index in [-0.39, 0.29) is 6.42 Å². The van der Waals surface area contributed by atoms with Crippen LogP contribution in [0.15, 0.2) is 53.0 Å². The smallest absolute Gasteiger partial charge is 0.270 e. The quantitative estimate of drug-likeness (QED) is 0.682. The van der Waals surface area contributed by atoms with E-state index < -0.39 is 23.8 Å². The van der Waals surface area contributed by atoms with Gasteiger partial charge in [-0.15, -0.1) is 0 Å². The number of carbonyl (C=O) groups is 3. The van der Waals surface area contributed by atoms with Gasteiger partial charge in [-0.3, -0.25) is 25.2 Å². The van der Waals surface area contributed by atoms with Crippen molar-refractivity contribution in [2.45, 2.75) is 12.5 Å². The van der Waals surface area contributed by atoms with Gasteiger partial charge in [0.2, 0.25) is 5.91 Å². The first-order valence-electron chi connectivity index (χ1n) is 7.45. The molecule has 0 saturated carbocycles. The molecule has 0 aromatic heterocycles. The lowest BCUT2D eigenvalue weighted by Crippen LogP contribution is -2.46. The minimum Gasteiger partial charge on any atom is -0.478 e. The van der Waals surface area contributed by atoms with Gasteiger partial charge in [0, 0.05) is 4.47 Å². The fourth-order valence-corrected chi connectivity index (χ4v) is 2.75. The molecule has 0 aliphatic carbocycles. The maximum Gasteiger partial charge on any atom is 0.270 e. The Morgan fingerprint density at radius 3 is 2.60 bits per heavy atom. The van der Waals surface area contributed by atoms with Gasteiger partial charge in [-0.1, -0.05) is 24.3 Å². The zero-order chi connectivity index (χ0) is 17.8. The molecule has 3 amide bonds. The summed E-state index contributed by atoms with van der Waals surface area (Å²) < 4.78 is 6.14. The predicted octanol–water partition coefficient (Wildman–Crippen LogP) is 2.00. The van der Waals surface area contributed by atoms with Crippen molar-refractivity contribution >= 4 is 39.3 Å². The molecule has 0 bridgehead atoms. The lowest BCUT2D eigenvalue weighted by atomic mass is 10.1. The molecule has 128 valence electrons. The first-order valence-corrected chi connectivity index (χ1v) is 8.24. The second-order valence-corrected chi connectivity index (χ2v) is 6.13. The van der Waals surface area contributed by atoms with Crippen molar-refractivity contribution < 1.29 is 19.1 Å². The van der Waals surface area contributed by atoms with Gasteiger partial charge in [-0.25, -0.2) is 0 Å². The van der Waals surface area contributed by atoms with Crippen LogP contribution >= 0.6 is 15.9 Å². The van der Waals surface area contributed by atoms with Gasteiger partial charge >= 0.3 is 0 Å². The molecule has 0 spiro atoms. The average molecular weight is 404 g/mol. The van der Waals surface area contributed by atoms with Crippen LogP contribution in [0.25, 0.3) is 0 Å². The Labute approximate surface area is 151 Å². The highest BCUT2D eigenvalue weighted by Gasteiger charge is 2.29. The van der Waals surface area contributed by atoms with Gasteiger partial charge in [-0.05, 0) is 40.2 Å². The summed E-state index contributed by atoms with van der Waals surface area (Å²) in [5.74, 6) is -0.928. The van der Waals surface area contributed by atoms with Crippen molar-refractivity contribution in [2.24, 2.45) is 0 Å². The normalized spacial score (nSPS) is 15.4. The highest BCUT2D eigenvalue weighted by atomic mass is 79.9. The maximum absolute atomic E-state index is 12.0. The highest BCUT2D eigenvalue weighted by Crippen LogP contribution is 2.29. The molecule has 0 saturated heterocycles. The number of benzene rings is 2. The molecule has 1 atom stereocenters. The monoisotopic (exact) mass is 403 g/mol. The topological polar surface area (TPSA) is 96.5 Å².